The number of amides is 1. The van der Waals surface area contributed by atoms with Gasteiger partial charge in [0.25, 0.3) is 0 Å². The average Bonchev–Trinajstić information content (AvgIpc) is 2.64. The van der Waals surface area contributed by atoms with Crippen molar-refractivity contribution in [3.8, 4) is 0 Å². The standard InChI is InChI=1S/C18H27N3OS/c1-19-16-7-9-21(10-8-16)18(22)17(15-5-3-2-4-6-15)20-11-13-23-14-12-20/h2-6,16-17,19H,7-14H2,1H3. The lowest BCUT2D eigenvalue weighted by Gasteiger charge is -2.39. The number of nitrogens with zero attached hydrogens (tertiary/aromatic N) is 2. The second-order valence-electron chi connectivity index (χ2n) is 6.35. The molecule has 23 heavy (non-hydrogen) atoms. The zero-order valence-corrected chi connectivity index (χ0v) is 14.7. The van der Waals surface area contributed by atoms with Crippen LogP contribution in [0.5, 0.6) is 0 Å². The van der Waals surface area contributed by atoms with Gasteiger partial charge in [-0.25, -0.2) is 0 Å². The molecule has 0 bridgehead atoms. The Labute approximate surface area is 143 Å². The predicted octanol–water partition coefficient (Wildman–Crippen LogP) is 1.99. The van der Waals surface area contributed by atoms with Gasteiger partial charge in [0.1, 0.15) is 6.04 Å². The van der Waals surface area contributed by atoms with Crippen molar-refractivity contribution in [2.45, 2.75) is 24.9 Å². The normalized spacial score (nSPS) is 22.0. The minimum Gasteiger partial charge on any atom is -0.341 e. The van der Waals surface area contributed by atoms with Crippen LogP contribution in [0, 0.1) is 0 Å². The van der Waals surface area contributed by atoms with Gasteiger partial charge in [0, 0.05) is 43.7 Å². The van der Waals surface area contributed by atoms with Gasteiger partial charge in [-0.2, -0.15) is 11.8 Å². The van der Waals surface area contributed by atoms with Crippen LogP contribution in [0.4, 0.5) is 0 Å². The minimum absolute atomic E-state index is 0.108. The van der Waals surface area contributed by atoms with Crippen LogP contribution in [-0.2, 0) is 4.79 Å². The smallest absolute Gasteiger partial charge is 0.244 e. The molecule has 0 radical (unpaired) electrons. The van der Waals surface area contributed by atoms with Gasteiger partial charge in [0.15, 0.2) is 0 Å². The number of piperidine rings is 1. The highest BCUT2D eigenvalue weighted by molar-refractivity contribution is 7.99. The number of carbonyl (C=O) groups is 1. The van der Waals surface area contributed by atoms with Gasteiger partial charge in [-0.05, 0) is 25.5 Å². The SMILES string of the molecule is CNC1CCN(C(=O)C(c2ccccc2)N2CCSCC2)CC1. The Hall–Kier alpha value is -1.04. The molecule has 2 aliphatic rings. The minimum atomic E-state index is -0.108. The fourth-order valence-corrected chi connectivity index (χ4v) is 4.47. The van der Waals surface area contributed by atoms with Crippen molar-refractivity contribution in [3.63, 3.8) is 0 Å². The van der Waals surface area contributed by atoms with Gasteiger partial charge >= 0.3 is 0 Å². The zero-order valence-electron chi connectivity index (χ0n) is 13.9. The average molecular weight is 334 g/mol. The second-order valence-corrected chi connectivity index (χ2v) is 7.57. The van der Waals surface area contributed by atoms with Crippen LogP contribution in [0.25, 0.3) is 0 Å². The van der Waals surface area contributed by atoms with E-state index in [1.807, 2.05) is 37.0 Å². The first-order chi connectivity index (χ1) is 11.3. The monoisotopic (exact) mass is 333 g/mol. The molecule has 2 saturated heterocycles. The van der Waals surface area contributed by atoms with E-state index in [4.69, 9.17) is 0 Å². The molecule has 126 valence electrons. The van der Waals surface area contributed by atoms with Gasteiger partial charge in [0.05, 0.1) is 0 Å². The lowest BCUT2D eigenvalue weighted by Crippen LogP contribution is -2.50. The lowest BCUT2D eigenvalue weighted by atomic mass is 10.00. The Balaban J connectivity index is 1.76. The Bertz CT molecular complexity index is 496. The zero-order chi connectivity index (χ0) is 16.1. The number of benzene rings is 1. The molecule has 1 N–H and O–H groups in total. The number of rotatable bonds is 4. The maximum absolute atomic E-state index is 13.3. The number of nitrogens with one attached hydrogen (secondary N) is 1. The van der Waals surface area contributed by atoms with Crippen LogP contribution in [0.15, 0.2) is 30.3 Å². The summed E-state index contributed by atoms with van der Waals surface area (Å²) in [6.07, 6.45) is 2.11. The summed E-state index contributed by atoms with van der Waals surface area (Å²) < 4.78 is 0. The molecule has 1 aromatic rings. The van der Waals surface area contributed by atoms with Crippen molar-refractivity contribution in [1.29, 1.82) is 0 Å². The molecule has 0 aromatic heterocycles. The highest BCUT2D eigenvalue weighted by Gasteiger charge is 2.33. The largest absolute Gasteiger partial charge is 0.341 e. The van der Waals surface area contributed by atoms with E-state index in [-0.39, 0.29) is 11.9 Å². The summed E-state index contributed by atoms with van der Waals surface area (Å²) >= 11 is 1.99. The first-order valence-electron chi connectivity index (χ1n) is 8.62. The Morgan fingerprint density at radius 3 is 2.39 bits per heavy atom. The summed E-state index contributed by atoms with van der Waals surface area (Å²) in [5, 5.41) is 3.34. The van der Waals surface area contributed by atoms with E-state index in [0.29, 0.717) is 6.04 Å². The van der Waals surface area contributed by atoms with Crippen molar-refractivity contribution in [2.24, 2.45) is 0 Å². The molecule has 1 unspecified atom stereocenters. The number of likely N-dealkylation sites (tertiary alicyclic amines) is 1. The summed E-state index contributed by atoms with van der Waals surface area (Å²) in [5.41, 5.74) is 1.14. The molecule has 4 nitrogen and oxygen atoms in total. The molecule has 2 heterocycles. The molecule has 5 heteroatoms. The first kappa shape index (κ1) is 16.8. The van der Waals surface area contributed by atoms with E-state index < -0.39 is 0 Å². The maximum atomic E-state index is 13.3. The van der Waals surface area contributed by atoms with Gasteiger partial charge in [0.2, 0.25) is 5.91 Å². The Kier molecular flexibility index (Phi) is 5.97. The van der Waals surface area contributed by atoms with Crippen LogP contribution in [-0.4, -0.2) is 66.5 Å². The molecule has 1 atom stereocenters. The van der Waals surface area contributed by atoms with E-state index in [9.17, 15) is 4.79 Å². The van der Waals surface area contributed by atoms with Crippen molar-refractivity contribution in [1.82, 2.24) is 15.1 Å². The van der Waals surface area contributed by atoms with E-state index >= 15 is 0 Å². The first-order valence-corrected chi connectivity index (χ1v) is 9.78. The van der Waals surface area contributed by atoms with Crippen molar-refractivity contribution < 1.29 is 4.79 Å². The number of hydrogen-bond donors (Lipinski definition) is 1. The second kappa shape index (κ2) is 8.18. The fourth-order valence-electron chi connectivity index (χ4n) is 3.54. The summed E-state index contributed by atoms with van der Waals surface area (Å²) in [4.78, 5) is 17.7. The van der Waals surface area contributed by atoms with Crippen LogP contribution >= 0.6 is 11.8 Å². The molecule has 0 aliphatic carbocycles. The van der Waals surface area contributed by atoms with Crippen molar-refractivity contribution in [3.05, 3.63) is 35.9 Å². The van der Waals surface area contributed by atoms with Crippen LogP contribution in [0.1, 0.15) is 24.4 Å². The molecule has 0 spiro atoms. The highest BCUT2D eigenvalue weighted by Crippen LogP contribution is 2.27. The van der Waals surface area contributed by atoms with Crippen LogP contribution < -0.4 is 5.32 Å². The van der Waals surface area contributed by atoms with E-state index in [1.165, 1.54) is 0 Å². The summed E-state index contributed by atoms with van der Waals surface area (Å²) in [5.74, 6) is 2.54. The summed E-state index contributed by atoms with van der Waals surface area (Å²) in [6, 6.07) is 10.8. The summed E-state index contributed by atoms with van der Waals surface area (Å²) in [6.45, 7) is 3.75. The molecule has 0 saturated carbocycles. The topological polar surface area (TPSA) is 35.6 Å². The third-order valence-corrected chi connectivity index (χ3v) is 5.92. The predicted molar refractivity (Wildman–Crippen MR) is 96.7 cm³/mol. The van der Waals surface area contributed by atoms with Gasteiger partial charge in [-0.15, -0.1) is 0 Å². The lowest BCUT2D eigenvalue weighted by molar-refractivity contribution is -0.138. The quantitative estimate of drug-likeness (QED) is 0.914. The van der Waals surface area contributed by atoms with E-state index in [0.717, 1.165) is 56.1 Å². The molecule has 2 aliphatic heterocycles. The third kappa shape index (κ3) is 4.08. The van der Waals surface area contributed by atoms with Gasteiger partial charge < -0.3 is 10.2 Å². The molecule has 3 rings (SSSR count). The number of carbonyl (C=O) groups excluding carboxylic acids is 1. The fraction of sp³-hybridized carbons (Fsp3) is 0.611. The molecular weight excluding hydrogens is 306 g/mol. The van der Waals surface area contributed by atoms with Crippen LogP contribution in [0.3, 0.4) is 0 Å². The number of thioether (sulfide) groups is 1. The van der Waals surface area contributed by atoms with Crippen molar-refractivity contribution >= 4 is 17.7 Å². The van der Waals surface area contributed by atoms with Gasteiger partial charge in [-0.1, -0.05) is 30.3 Å². The Morgan fingerprint density at radius 1 is 1.13 bits per heavy atom. The highest BCUT2D eigenvalue weighted by atomic mass is 32.2. The van der Waals surface area contributed by atoms with Crippen molar-refractivity contribution in [2.75, 3.05) is 44.7 Å². The van der Waals surface area contributed by atoms with Crippen LogP contribution in [0.2, 0.25) is 0 Å². The van der Waals surface area contributed by atoms with E-state index in [2.05, 4.69) is 27.2 Å². The molecule has 1 aromatic carbocycles. The third-order valence-electron chi connectivity index (χ3n) is 4.97. The summed E-state index contributed by atoms with van der Waals surface area (Å²) in [7, 11) is 2.01. The molecule has 2 fully saturated rings. The molecular formula is C18H27N3OS. The molecule has 1 amide bonds. The number of hydrogen-bond acceptors (Lipinski definition) is 4. The maximum Gasteiger partial charge on any atom is 0.244 e. The van der Waals surface area contributed by atoms with E-state index in [1.54, 1.807) is 0 Å². The Morgan fingerprint density at radius 2 is 1.78 bits per heavy atom. The van der Waals surface area contributed by atoms with Gasteiger partial charge in [-0.3, -0.25) is 9.69 Å².